The second-order valence-electron chi connectivity index (χ2n) is 7.07. The SMILES string of the molecule is CC(C)(C)OC(=O)Nc1ccc(OC2(C)CCNCC2)cc1Cl. The molecule has 23 heavy (non-hydrogen) atoms. The van der Waals surface area contributed by atoms with Gasteiger partial charge >= 0.3 is 6.09 Å². The fourth-order valence-corrected chi connectivity index (χ4v) is 2.63. The molecule has 1 heterocycles. The predicted octanol–water partition coefficient (Wildman–Crippen LogP) is 4.21. The van der Waals surface area contributed by atoms with Crippen LogP contribution in [0.25, 0.3) is 0 Å². The van der Waals surface area contributed by atoms with E-state index in [1.54, 1.807) is 12.1 Å². The third-order valence-electron chi connectivity index (χ3n) is 3.60. The van der Waals surface area contributed by atoms with Crippen LogP contribution < -0.4 is 15.4 Å². The molecule has 1 aliphatic heterocycles. The fraction of sp³-hybridized carbons (Fsp3) is 0.588. The Kier molecular flexibility index (Phi) is 5.42. The third-order valence-corrected chi connectivity index (χ3v) is 3.91. The summed E-state index contributed by atoms with van der Waals surface area (Å²) in [4.78, 5) is 11.8. The maximum atomic E-state index is 11.8. The van der Waals surface area contributed by atoms with E-state index >= 15 is 0 Å². The van der Waals surface area contributed by atoms with Crippen molar-refractivity contribution in [3.8, 4) is 5.75 Å². The van der Waals surface area contributed by atoms with Gasteiger partial charge in [-0.1, -0.05) is 11.6 Å². The molecule has 0 saturated carbocycles. The Labute approximate surface area is 142 Å². The number of anilines is 1. The van der Waals surface area contributed by atoms with Gasteiger partial charge < -0.3 is 14.8 Å². The van der Waals surface area contributed by atoms with Gasteiger partial charge in [-0.05, 0) is 65.8 Å². The standard InChI is InChI=1S/C17H25ClN2O3/c1-16(2,3)23-15(21)20-14-6-5-12(11-13(14)18)22-17(4)7-9-19-10-8-17/h5-6,11,19H,7-10H2,1-4H3,(H,20,21). The number of ether oxygens (including phenoxy) is 2. The van der Waals surface area contributed by atoms with Crippen LogP contribution in [0.5, 0.6) is 5.75 Å². The van der Waals surface area contributed by atoms with Crippen LogP contribution in [0, 0.1) is 0 Å². The van der Waals surface area contributed by atoms with Crippen LogP contribution in [-0.4, -0.2) is 30.4 Å². The highest BCUT2D eigenvalue weighted by Gasteiger charge is 2.28. The number of halogens is 1. The van der Waals surface area contributed by atoms with Crippen LogP contribution in [0.15, 0.2) is 18.2 Å². The minimum atomic E-state index is -0.552. The first-order valence-corrected chi connectivity index (χ1v) is 8.24. The average molecular weight is 341 g/mol. The molecule has 0 unspecified atom stereocenters. The molecule has 0 bridgehead atoms. The maximum absolute atomic E-state index is 11.8. The molecule has 5 nitrogen and oxygen atoms in total. The number of carbonyl (C=O) groups is 1. The average Bonchev–Trinajstić information content (AvgIpc) is 2.40. The van der Waals surface area contributed by atoms with Gasteiger partial charge in [-0.2, -0.15) is 0 Å². The van der Waals surface area contributed by atoms with E-state index < -0.39 is 11.7 Å². The van der Waals surface area contributed by atoms with Crippen LogP contribution >= 0.6 is 11.6 Å². The normalized spacial score (nSPS) is 17.4. The highest BCUT2D eigenvalue weighted by Crippen LogP contribution is 2.31. The van der Waals surface area contributed by atoms with Crippen LogP contribution in [0.4, 0.5) is 10.5 Å². The van der Waals surface area contributed by atoms with E-state index in [-0.39, 0.29) is 5.60 Å². The number of hydrogen-bond donors (Lipinski definition) is 2. The van der Waals surface area contributed by atoms with Crippen molar-refractivity contribution in [3.05, 3.63) is 23.2 Å². The van der Waals surface area contributed by atoms with Crippen molar-refractivity contribution in [1.29, 1.82) is 0 Å². The van der Waals surface area contributed by atoms with E-state index in [2.05, 4.69) is 17.6 Å². The maximum Gasteiger partial charge on any atom is 0.412 e. The summed E-state index contributed by atoms with van der Waals surface area (Å²) >= 11 is 6.25. The molecule has 0 atom stereocenters. The fourth-order valence-electron chi connectivity index (χ4n) is 2.42. The van der Waals surface area contributed by atoms with Gasteiger partial charge in [0.2, 0.25) is 0 Å². The molecule has 2 N–H and O–H groups in total. The van der Waals surface area contributed by atoms with E-state index in [9.17, 15) is 4.79 Å². The summed E-state index contributed by atoms with van der Waals surface area (Å²) in [5, 5.41) is 6.39. The van der Waals surface area contributed by atoms with E-state index in [4.69, 9.17) is 21.1 Å². The van der Waals surface area contributed by atoms with Crippen molar-refractivity contribution in [2.45, 2.75) is 51.7 Å². The molecule has 1 aromatic rings. The van der Waals surface area contributed by atoms with Crippen molar-refractivity contribution in [1.82, 2.24) is 5.32 Å². The first-order valence-electron chi connectivity index (χ1n) is 7.86. The number of rotatable bonds is 3. The van der Waals surface area contributed by atoms with Gasteiger partial charge in [-0.25, -0.2) is 4.79 Å². The summed E-state index contributed by atoms with van der Waals surface area (Å²) in [6.45, 7) is 9.43. The molecule has 1 amide bonds. The molecule has 0 radical (unpaired) electrons. The van der Waals surface area contributed by atoms with Gasteiger partial charge in [0.1, 0.15) is 17.0 Å². The van der Waals surface area contributed by atoms with Gasteiger partial charge in [0.25, 0.3) is 0 Å². The Balaban J connectivity index is 2.01. The molecular weight excluding hydrogens is 316 g/mol. The Morgan fingerprint density at radius 2 is 1.96 bits per heavy atom. The second-order valence-corrected chi connectivity index (χ2v) is 7.48. The molecule has 1 aromatic carbocycles. The van der Waals surface area contributed by atoms with Gasteiger partial charge in [0, 0.05) is 6.07 Å². The number of carbonyl (C=O) groups excluding carboxylic acids is 1. The Morgan fingerprint density at radius 3 is 2.52 bits per heavy atom. The van der Waals surface area contributed by atoms with Crippen LogP contribution in [0.1, 0.15) is 40.5 Å². The monoisotopic (exact) mass is 340 g/mol. The Hall–Kier alpha value is -1.46. The van der Waals surface area contributed by atoms with Crippen LogP contribution in [0.3, 0.4) is 0 Å². The molecule has 0 aromatic heterocycles. The van der Waals surface area contributed by atoms with Crippen molar-refractivity contribution >= 4 is 23.4 Å². The smallest absolute Gasteiger partial charge is 0.412 e. The molecule has 1 fully saturated rings. The third kappa shape index (κ3) is 5.59. The van der Waals surface area contributed by atoms with Crippen LogP contribution in [-0.2, 0) is 4.74 Å². The highest BCUT2D eigenvalue weighted by molar-refractivity contribution is 6.33. The Bertz CT molecular complexity index is 563. The lowest BCUT2D eigenvalue weighted by atomic mass is 9.94. The first kappa shape index (κ1) is 17.9. The second kappa shape index (κ2) is 6.97. The van der Waals surface area contributed by atoms with Crippen LogP contribution in [0.2, 0.25) is 5.02 Å². The van der Waals surface area contributed by atoms with Crippen molar-refractivity contribution in [2.75, 3.05) is 18.4 Å². The summed E-state index contributed by atoms with van der Waals surface area (Å²) < 4.78 is 11.3. The molecule has 0 aliphatic carbocycles. The van der Waals surface area contributed by atoms with Gasteiger partial charge in [0.05, 0.1) is 10.7 Å². The number of amides is 1. The van der Waals surface area contributed by atoms with E-state index in [0.29, 0.717) is 16.5 Å². The quantitative estimate of drug-likeness (QED) is 0.865. The molecule has 2 rings (SSSR count). The molecule has 128 valence electrons. The zero-order valence-corrected chi connectivity index (χ0v) is 14.9. The van der Waals surface area contributed by atoms with Crippen molar-refractivity contribution in [3.63, 3.8) is 0 Å². The van der Waals surface area contributed by atoms with Gasteiger partial charge in [-0.15, -0.1) is 0 Å². The topological polar surface area (TPSA) is 59.6 Å². The highest BCUT2D eigenvalue weighted by atomic mass is 35.5. The first-order chi connectivity index (χ1) is 10.7. The molecule has 6 heteroatoms. The number of benzene rings is 1. The summed E-state index contributed by atoms with van der Waals surface area (Å²) in [7, 11) is 0. The minimum Gasteiger partial charge on any atom is -0.487 e. The Morgan fingerprint density at radius 1 is 1.30 bits per heavy atom. The lowest BCUT2D eigenvalue weighted by Gasteiger charge is -2.34. The summed E-state index contributed by atoms with van der Waals surface area (Å²) in [5.41, 5.74) is -0.235. The summed E-state index contributed by atoms with van der Waals surface area (Å²) in [6, 6.07) is 5.26. The zero-order valence-electron chi connectivity index (χ0n) is 14.2. The number of hydrogen-bond acceptors (Lipinski definition) is 4. The number of piperidine rings is 1. The molecule has 1 saturated heterocycles. The molecule has 0 spiro atoms. The van der Waals surface area contributed by atoms with E-state index in [0.717, 1.165) is 25.9 Å². The number of nitrogens with one attached hydrogen (secondary N) is 2. The predicted molar refractivity (Wildman–Crippen MR) is 92.4 cm³/mol. The van der Waals surface area contributed by atoms with Gasteiger partial charge in [-0.3, -0.25) is 5.32 Å². The van der Waals surface area contributed by atoms with Crippen molar-refractivity contribution < 1.29 is 14.3 Å². The largest absolute Gasteiger partial charge is 0.487 e. The van der Waals surface area contributed by atoms with Crippen molar-refractivity contribution in [2.24, 2.45) is 0 Å². The lowest BCUT2D eigenvalue weighted by Crippen LogP contribution is -2.43. The summed E-state index contributed by atoms with van der Waals surface area (Å²) in [5.74, 6) is 0.703. The van der Waals surface area contributed by atoms with E-state index in [1.165, 1.54) is 0 Å². The van der Waals surface area contributed by atoms with E-state index in [1.807, 2.05) is 26.8 Å². The van der Waals surface area contributed by atoms with Gasteiger partial charge in [0.15, 0.2) is 0 Å². The lowest BCUT2D eigenvalue weighted by molar-refractivity contribution is 0.0555. The minimum absolute atomic E-state index is 0.186. The molecule has 1 aliphatic rings. The molecular formula is C17H25ClN2O3. The zero-order chi connectivity index (χ0) is 17.1. The summed E-state index contributed by atoms with van der Waals surface area (Å²) in [6.07, 6.45) is 1.36.